The van der Waals surface area contributed by atoms with E-state index in [0.29, 0.717) is 19.0 Å². The number of ether oxygens (including phenoxy) is 1. The van der Waals surface area contributed by atoms with Crippen LogP contribution in [0.3, 0.4) is 0 Å². The summed E-state index contributed by atoms with van der Waals surface area (Å²) in [6.45, 7) is 7.84. The Bertz CT molecular complexity index is 368. The Morgan fingerprint density at radius 1 is 1.25 bits per heavy atom. The van der Waals surface area contributed by atoms with Crippen LogP contribution < -0.4 is 5.32 Å². The van der Waals surface area contributed by atoms with Gasteiger partial charge in [-0.2, -0.15) is 0 Å². The Labute approximate surface area is 121 Å². The lowest BCUT2D eigenvalue weighted by molar-refractivity contribution is -0.129. The highest BCUT2D eigenvalue weighted by Crippen LogP contribution is 2.30. The topological polar surface area (TPSA) is 58.6 Å². The van der Waals surface area contributed by atoms with Crippen LogP contribution in [0.25, 0.3) is 0 Å². The second-order valence-electron chi connectivity index (χ2n) is 6.84. The van der Waals surface area contributed by atoms with E-state index in [4.69, 9.17) is 4.74 Å². The van der Waals surface area contributed by atoms with Crippen molar-refractivity contribution in [3.05, 3.63) is 0 Å². The first-order chi connectivity index (χ1) is 9.37. The maximum absolute atomic E-state index is 12.0. The van der Waals surface area contributed by atoms with E-state index in [0.717, 1.165) is 32.2 Å². The molecule has 5 heteroatoms. The first-order valence-electron chi connectivity index (χ1n) is 7.62. The smallest absolute Gasteiger partial charge is 0.410 e. The second-order valence-corrected chi connectivity index (χ2v) is 6.84. The highest BCUT2D eigenvalue weighted by Gasteiger charge is 2.34. The van der Waals surface area contributed by atoms with E-state index in [1.165, 1.54) is 0 Å². The molecule has 0 aromatic carbocycles. The SMILES string of the molecule is CC(C)(C)OC(=O)N1CCC(C2CCCNC2=O)CC1. The van der Waals surface area contributed by atoms with Crippen LogP contribution in [-0.2, 0) is 9.53 Å². The van der Waals surface area contributed by atoms with Crippen molar-refractivity contribution in [3.8, 4) is 0 Å². The van der Waals surface area contributed by atoms with Crippen molar-refractivity contribution in [2.75, 3.05) is 19.6 Å². The molecule has 5 nitrogen and oxygen atoms in total. The summed E-state index contributed by atoms with van der Waals surface area (Å²) in [5.41, 5.74) is -0.447. The van der Waals surface area contributed by atoms with E-state index in [9.17, 15) is 9.59 Å². The van der Waals surface area contributed by atoms with Crippen LogP contribution in [0.4, 0.5) is 4.79 Å². The molecule has 114 valence electrons. The molecule has 0 aromatic rings. The Kier molecular flexibility index (Phi) is 4.55. The Balaban J connectivity index is 1.83. The molecule has 20 heavy (non-hydrogen) atoms. The van der Waals surface area contributed by atoms with Gasteiger partial charge in [-0.1, -0.05) is 0 Å². The third-order valence-corrected chi connectivity index (χ3v) is 4.09. The zero-order valence-electron chi connectivity index (χ0n) is 12.8. The Morgan fingerprint density at radius 3 is 2.45 bits per heavy atom. The summed E-state index contributed by atoms with van der Waals surface area (Å²) in [4.78, 5) is 25.6. The molecule has 2 amide bonds. The number of piperidine rings is 2. The van der Waals surface area contributed by atoms with Gasteiger partial charge < -0.3 is 15.0 Å². The van der Waals surface area contributed by atoms with E-state index in [1.807, 2.05) is 20.8 Å². The summed E-state index contributed by atoms with van der Waals surface area (Å²) in [6, 6.07) is 0. The Hall–Kier alpha value is -1.26. The molecule has 2 aliphatic rings. The van der Waals surface area contributed by atoms with Gasteiger partial charge in [-0.05, 0) is 52.4 Å². The minimum Gasteiger partial charge on any atom is -0.444 e. The van der Waals surface area contributed by atoms with E-state index in [1.54, 1.807) is 4.90 Å². The molecule has 0 bridgehead atoms. The van der Waals surface area contributed by atoms with E-state index < -0.39 is 5.60 Å². The molecule has 2 aliphatic heterocycles. The molecule has 1 unspecified atom stereocenters. The van der Waals surface area contributed by atoms with Gasteiger partial charge in [0, 0.05) is 25.6 Å². The first kappa shape index (κ1) is 15.1. The van der Waals surface area contributed by atoms with Gasteiger partial charge in [-0.25, -0.2) is 4.79 Å². The van der Waals surface area contributed by atoms with Gasteiger partial charge in [-0.3, -0.25) is 4.79 Å². The average molecular weight is 282 g/mol. The summed E-state index contributed by atoms with van der Waals surface area (Å²) in [6.07, 6.45) is 3.63. The first-order valence-corrected chi connectivity index (χ1v) is 7.62. The van der Waals surface area contributed by atoms with Crippen molar-refractivity contribution < 1.29 is 14.3 Å². The molecule has 0 spiro atoms. The lowest BCUT2D eigenvalue weighted by Crippen LogP contribution is -2.46. The number of carbonyl (C=O) groups excluding carboxylic acids is 2. The number of nitrogens with zero attached hydrogens (tertiary/aromatic N) is 1. The second kappa shape index (κ2) is 6.02. The molecule has 0 radical (unpaired) electrons. The fourth-order valence-corrected chi connectivity index (χ4v) is 3.06. The molecule has 2 fully saturated rings. The largest absolute Gasteiger partial charge is 0.444 e. The van der Waals surface area contributed by atoms with Crippen molar-refractivity contribution in [2.24, 2.45) is 11.8 Å². The zero-order chi connectivity index (χ0) is 14.8. The highest BCUT2D eigenvalue weighted by atomic mass is 16.6. The average Bonchev–Trinajstić information content (AvgIpc) is 2.37. The van der Waals surface area contributed by atoms with Gasteiger partial charge in [0.25, 0.3) is 0 Å². The summed E-state index contributed by atoms with van der Waals surface area (Å²) in [5, 5.41) is 2.95. The van der Waals surface area contributed by atoms with Crippen LogP contribution in [0.1, 0.15) is 46.5 Å². The molecule has 0 aromatic heterocycles. The Morgan fingerprint density at radius 2 is 1.90 bits per heavy atom. The summed E-state index contributed by atoms with van der Waals surface area (Å²) in [7, 11) is 0. The maximum atomic E-state index is 12.0. The van der Waals surface area contributed by atoms with Crippen molar-refractivity contribution >= 4 is 12.0 Å². The lowest BCUT2D eigenvalue weighted by Gasteiger charge is -2.37. The predicted octanol–water partition coefficient (Wildman–Crippen LogP) is 2.16. The van der Waals surface area contributed by atoms with Gasteiger partial charge >= 0.3 is 6.09 Å². The predicted molar refractivity (Wildman–Crippen MR) is 76.3 cm³/mol. The monoisotopic (exact) mass is 282 g/mol. The van der Waals surface area contributed by atoms with Gasteiger partial charge in [0.15, 0.2) is 0 Å². The summed E-state index contributed by atoms with van der Waals surface area (Å²) in [5.74, 6) is 0.755. The van der Waals surface area contributed by atoms with E-state index in [2.05, 4.69) is 5.32 Å². The summed E-state index contributed by atoms with van der Waals surface area (Å²) >= 11 is 0. The van der Waals surface area contributed by atoms with Gasteiger partial charge in [0.1, 0.15) is 5.60 Å². The maximum Gasteiger partial charge on any atom is 0.410 e. The highest BCUT2D eigenvalue weighted by molar-refractivity contribution is 5.79. The third kappa shape index (κ3) is 3.87. The standard InChI is InChI=1S/C15H26N2O3/c1-15(2,3)20-14(19)17-9-6-11(7-10-17)12-5-4-8-16-13(12)18/h11-12H,4-10H2,1-3H3,(H,16,18). The van der Waals surface area contributed by atoms with Crippen molar-refractivity contribution in [3.63, 3.8) is 0 Å². The fourth-order valence-electron chi connectivity index (χ4n) is 3.06. The normalized spacial score (nSPS) is 25.2. The number of carbonyl (C=O) groups is 2. The molecule has 0 aliphatic carbocycles. The van der Waals surface area contributed by atoms with Crippen LogP contribution in [-0.4, -0.2) is 42.1 Å². The molecule has 2 rings (SSSR count). The minimum absolute atomic E-state index is 0.143. The minimum atomic E-state index is -0.447. The van der Waals surface area contributed by atoms with Crippen molar-refractivity contribution in [1.29, 1.82) is 0 Å². The van der Waals surface area contributed by atoms with Gasteiger partial charge in [0.2, 0.25) is 5.91 Å². The third-order valence-electron chi connectivity index (χ3n) is 4.09. The number of likely N-dealkylation sites (tertiary alicyclic amines) is 1. The number of rotatable bonds is 1. The molecule has 2 saturated heterocycles. The number of hydrogen-bond donors (Lipinski definition) is 1. The number of hydrogen-bond acceptors (Lipinski definition) is 3. The molecule has 1 N–H and O–H groups in total. The number of amides is 2. The van der Waals surface area contributed by atoms with E-state index in [-0.39, 0.29) is 17.9 Å². The van der Waals surface area contributed by atoms with Gasteiger partial charge in [-0.15, -0.1) is 0 Å². The molecule has 0 saturated carbocycles. The fraction of sp³-hybridized carbons (Fsp3) is 0.867. The molecule has 2 heterocycles. The molecular formula is C15H26N2O3. The van der Waals surface area contributed by atoms with Crippen LogP contribution >= 0.6 is 0 Å². The quantitative estimate of drug-likeness (QED) is 0.802. The molecular weight excluding hydrogens is 256 g/mol. The van der Waals surface area contributed by atoms with Crippen molar-refractivity contribution in [2.45, 2.75) is 52.1 Å². The van der Waals surface area contributed by atoms with Crippen LogP contribution in [0, 0.1) is 11.8 Å². The zero-order valence-corrected chi connectivity index (χ0v) is 12.8. The lowest BCUT2D eigenvalue weighted by atomic mass is 9.80. The molecule has 1 atom stereocenters. The van der Waals surface area contributed by atoms with Crippen molar-refractivity contribution in [1.82, 2.24) is 10.2 Å². The van der Waals surface area contributed by atoms with E-state index >= 15 is 0 Å². The van der Waals surface area contributed by atoms with Crippen LogP contribution in [0.5, 0.6) is 0 Å². The summed E-state index contributed by atoms with van der Waals surface area (Å²) < 4.78 is 5.39. The van der Waals surface area contributed by atoms with Crippen LogP contribution in [0.2, 0.25) is 0 Å². The van der Waals surface area contributed by atoms with Gasteiger partial charge in [0.05, 0.1) is 0 Å². The number of nitrogens with one attached hydrogen (secondary N) is 1. The van der Waals surface area contributed by atoms with Crippen LogP contribution in [0.15, 0.2) is 0 Å².